The number of thioether (sulfide) groups is 1. The van der Waals surface area contributed by atoms with Gasteiger partial charge in [-0.2, -0.15) is 0 Å². The number of rotatable bonds is 0. The van der Waals surface area contributed by atoms with Crippen LogP contribution in [0.2, 0.25) is 5.02 Å². The normalized spacial score (nSPS) is 18.4. The third kappa shape index (κ3) is 1.76. The maximum absolute atomic E-state index is 11.8. The van der Waals surface area contributed by atoms with E-state index in [1.54, 1.807) is 22.8 Å². The van der Waals surface area contributed by atoms with E-state index in [0.717, 1.165) is 16.2 Å². The average Bonchev–Trinajstić information content (AvgIpc) is 2.20. The highest BCUT2D eigenvalue weighted by molar-refractivity contribution is 9.11. The van der Waals surface area contributed by atoms with E-state index in [0.29, 0.717) is 10.6 Å². The molecule has 0 N–H and O–H groups in total. The van der Waals surface area contributed by atoms with Gasteiger partial charge in [0.1, 0.15) is 0 Å². The van der Waals surface area contributed by atoms with Gasteiger partial charge in [-0.15, -0.1) is 11.8 Å². The summed E-state index contributed by atoms with van der Waals surface area (Å²) in [5.74, 6) is 0.789. The number of hydrogen-bond donors (Lipinski definition) is 0. The van der Waals surface area contributed by atoms with Gasteiger partial charge >= 0.3 is 0 Å². The Bertz CT molecular complexity index is 428. The fourth-order valence-electron chi connectivity index (χ4n) is 1.28. The number of carbonyl (C=O) groups excluding carboxylic acids is 1. The molecule has 14 heavy (non-hydrogen) atoms. The molecule has 0 fully saturated rings. The van der Waals surface area contributed by atoms with E-state index in [9.17, 15) is 4.79 Å². The van der Waals surface area contributed by atoms with Crippen molar-refractivity contribution in [2.24, 2.45) is 0 Å². The molecule has 0 atom stereocenters. The molecule has 1 aliphatic heterocycles. The smallest absolute Gasteiger partial charge is 0.191 e. The van der Waals surface area contributed by atoms with Crippen molar-refractivity contribution in [1.82, 2.24) is 0 Å². The standard InChI is InChI=1S/C10H6BrClOS/c11-4-6-5-14-9-2-1-7(12)3-8(9)10(6)13/h1-4H,5H2/b6-4-. The molecule has 0 unspecified atom stereocenters. The van der Waals surface area contributed by atoms with Crippen LogP contribution in [0.3, 0.4) is 0 Å². The van der Waals surface area contributed by atoms with E-state index < -0.39 is 0 Å². The molecular weight excluding hydrogens is 284 g/mol. The predicted molar refractivity (Wildman–Crippen MR) is 63.5 cm³/mol. The van der Waals surface area contributed by atoms with Gasteiger partial charge in [-0.05, 0) is 23.2 Å². The highest BCUT2D eigenvalue weighted by Gasteiger charge is 2.21. The molecule has 1 aromatic carbocycles. The molecule has 1 nitrogen and oxygen atoms in total. The lowest BCUT2D eigenvalue weighted by atomic mass is 10.1. The summed E-state index contributed by atoms with van der Waals surface area (Å²) in [7, 11) is 0. The number of ketones is 1. The minimum absolute atomic E-state index is 0.0677. The minimum atomic E-state index is 0.0677. The predicted octanol–water partition coefficient (Wildman–Crippen LogP) is 3.91. The van der Waals surface area contributed by atoms with E-state index in [1.165, 1.54) is 0 Å². The third-order valence-corrected chi connectivity index (χ3v) is 3.90. The van der Waals surface area contributed by atoms with Gasteiger partial charge in [0.2, 0.25) is 0 Å². The van der Waals surface area contributed by atoms with E-state index >= 15 is 0 Å². The van der Waals surface area contributed by atoms with Crippen LogP contribution in [0.15, 0.2) is 33.7 Å². The summed E-state index contributed by atoms with van der Waals surface area (Å²) in [5.41, 5.74) is 1.49. The second-order valence-electron chi connectivity index (χ2n) is 2.89. The minimum Gasteiger partial charge on any atom is -0.289 e. The van der Waals surface area contributed by atoms with Crippen molar-refractivity contribution in [3.05, 3.63) is 39.3 Å². The Labute approximate surface area is 99.7 Å². The molecule has 72 valence electrons. The lowest BCUT2D eigenvalue weighted by molar-refractivity contribution is 0.103. The lowest BCUT2D eigenvalue weighted by Gasteiger charge is -2.16. The van der Waals surface area contributed by atoms with Gasteiger partial charge in [-0.1, -0.05) is 27.5 Å². The Hall–Kier alpha value is -0.250. The summed E-state index contributed by atoms with van der Waals surface area (Å²) >= 11 is 10.7. The van der Waals surface area contributed by atoms with E-state index in [4.69, 9.17) is 11.6 Å². The highest BCUT2D eigenvalue weighted by Crippen LogP contribution is 2.34. The van der Waals surface area contributed by atoms with Crippen LogP contribution in [-0.2, 0) is 0 Å². The Morgan fingerprint density at radius 2 is 2.29 bits per heavy atom. The molecule has 0 saturated carbocycles. The Balaban J connectivity index is 2.54. The third-order valence-electron chi connectivity index (χ3n) is 1.99. The van der Waals surface area contributed by atoms with Gasteiger partial charge in [0.25, 0.3) is 0 Å². The first-order valence-corrected chi connectivity index (χ1v) is 6.26. The molecule has 1 aliphatic rings. The van der Waals surface area contributed by atoms with E-state index in [2.05, 4.69) is 15.9 Å². The van der Waals surface area contributed by atoms with Crippen LogP contribution in [0.25, 0.3) is 0 Å². The number of carbonyl (C=O) groups is 1. The van der Waals surface area contributed by atoms with Gasteiger partial charge in [-0.25, -0.2) is 0 Å². The van der Waals surface area contributed by atoms with Gasteiger partial charge < -0.3 is 0 Å². The topological polar surface area (TPSA) is 17.1 Å². The number of benzene rings is 1. The van der Waals surface area contributed by atoms with Crippen molar-refractivity contribution >= 4 is 45.1 Å². The number of halogens is 2. The summed E-state index contributed by atoms with van der Waals surface area (Å²) in [4.78, 5) is 14.5. The summed E-state index contributed by atoms with van der Waals surface area (Å²) in [6.45, 7) is 0. The van der Waals surface area contributed by atoms with Gasteiger partial charge in [-0.3, -0.25) is 4.79 Å². The van der Waals surface area contributed by atoms with Gasteiger partial charge in [0.15, 0.2) is 5.78 Å². The van der Waals surface area contributed by atoms with Crippen molar-refractivity contribution in [1.29, 1.82) is 0 Å². The molecule has 0 aliphatic carbocycles. The molecule has 0 aromatic heterocycles. The summed E-state index contributed by atoms with van der Waals surface area (Å²) < 4.78 is 0. The van der Waals surface area contributed by atoms with Crippen molar-refractivity contribution < 1.29 is 4.79 Å². The van der Waals surface area contributed by atoms with Crippen LogP contribution in [0, 0.1) is 0 Å². The zero-order valence-corrected chi connectivity index (χ0v) is 10.2. The molecule has 0 radical (unpaired) electrons. The Morgan fingerprint density at radius 1 is 1.50 bits per heavy atom. The first-order valence-electron chi connectivity index (χ1n) is 3.98. The Kier molecular flexibility index (Phi) is 3.00. The summed E-state index contributed by atoms with van der Waals surface area (Å²) in [6.07, 6.45) is 0. The average molecular weight is 290 g/mol. The van der Waals surface area contributed by atoms with Crippen molar-refractivity contribution in [3.8, 4) is 0 Å². The fraction of sp³-hybridized carbons (Fsp3) is 0.100. The molecule has 0 bridgehead atoms. The molecule has 1 heterocycles. The molecule has 0 saturated heterocycles. The van der Waals surface area contributed by atoms with Crippen LogP contribution in [-0.4, -0.2) is 11.5 Å². The SMILES string of the molecule is O=C1/C(=C\Br)CSc2ccc(Cl)cc21. The summed E-state index contributed by atoms with van der Waals surface area (Å²) in [5, 5.41) is 0.605. The molecular formula is C10H6BrClOS. The van der Waals surface area contributed by atoms with Crippen LogP contribution in [0.5, 0.6) is 0 Å². The molecule has 4 heteroatoms. The lowest BCUT2D eigenvalue weighted by Crippen LogP contribution is -2.11. The molecule has 0 spiro atoms. The molecule has 1 aromatic rings. The number of hydrogen-bond acceptors (Lipinski definition) is 2. The van der Waals surface area contributed by atoms with Gasteiger partial charge in [0, 0.05) is 26.8 Å². The van der Waals surface area contributed by atoms with E-state index in [1.807, 2.05) is 12.1 Å². The van der Waals surface area contributed by atoms with Crippen LogP contribution >= 0.6 is 39.3 Å². The second kappa shape index (κ2) is 4.09. The first-order chi connectivity index (χ1) is 6.72. The number of Topliss-reactive ketones (excluding diaryl/α,β-unsaturated/α-hetero) is 1. The van der Waals surface area contributed by atoms with Crippen molar-refractivity contribution in [2.75, 3.05) is 5.75 Å². The quantitative estimate of drug-likeness (QED) is 0.674. The zero-order chi connectivity index (χ0) is 10.1. The van der Waals surface area contributed by atoms with Crippen LogP contribution < -0.4 is 0 Å². The highest BCUT2D eigenvalue weighted by atomic mass is 79.9. The first kappa shape index (κ1) is 10.3. The van der Waals surface area contributed by atoms with Crippen molar-refractivity contribution in [2.45, 2.75) is 4.90 Å². The summed E-state index contributed by atoms with van der Waals surface area (Å²) in [6, 6.07) is 5.43. The number of fused-ring (bicyclic) bond motifs is 1. The van der Waals surface area contributed by atoms with Crippen molar-refractivity contribution in [3.63, 3.8) is 0 Å². The monoisotopic (exact) mass is 288 g/mol. The van der Waals surface area contributed by atoms with Crippen LogP contribution in [0.1, 0.15) is 10.4 Å². The zero-order valence-electron chi connectivity index (χ0n) is 7.09. The molecule has 0 amide bonds. The maximum atomic E-state index is 11.8. The van der Waals surface area contributed by atoms with Gasteiger partial charge in [0.05, 0.1) is 0 Å². The molecule has 2 rings (SSSR count). The second-order valence-corrected chi connectivity index (χ2v) is 4.80. The van der Waals surface area contributed by atoms with Crippen LogP contribution in [0.4, 0.5) is 0 Å². The largest absolute Gasteiger partial charge is 0.289 e. The maximum Gasteiger partial charge on any atom is 0.191 e. The van der Waals surface area contributed by atoms with E-state index in [-0.39, 0.29) is 5.78 Å². The Morgan fingerprint density at radius 3 is 3.00 bits per heavy atom. The fourth-order valence-corrected chi connectivity index (χ4v) is 3.03.